The third kappa shape index (κ3) is 2.95. The zero-order chi connectivity index (χ0) is 14.7. The van der Waals surface area contributed by atoms with Gasteiger partial charge in [-0.3, -0.25) is 4.98 Å². The van der Waals surface area contributed by atoms with Crippen molar-refractivity contribution in [2.45, 2.75) is 45.1 Å². The summed E-state index contributed by atoms with van der Waals surface area (Å²) >= 11 is 0. The zero-order valence-electron chi connectivity index (χ0n) is 12.7. The highest BCUT2D eigenvalue weighted by Crippen LogP contribution is 2.38. The number of fused-ring (bicyclic) bond motifs is 1. The highest BCUT2D eigenvalue weighted by Gasteiger charge is 2.31. The minimum Gasteiger partial charge on any atom is -0.307 e. The summed E-state index contributed by atoms with van der Waals surface area (Å²) in [5.74, 6) is 1.24. The molecule has 4 heteroatoms. The average Bonchev–Trinajstić information content (AvgIpc) is 2.53. The van der Waals surface area contributed by atoms with Crippen LogP contribution in [-0.4, -0.2) is 21.5 Å². The predicted octanol–water partition coefficient (Wildman–Crippen LogP) is 2.95. The van der Waals surface area contributed by atoms with E-state index in [1.165, 1.54) is 17.7 Å². The Balaban J connectivity index is 1.96. The largest absolute Gasteiger partial charge is 0.307 e. The molecule has 2 atom stereocenters. The minimum absolute atomic E-state index is 0.143. The van der Waals surface area contributed by atoms with Crippen LogP contribution in [0.25, 0.3) is 0 Å². The first kappa shape index (κ1) is 14.1. The fraction of sp³-hybridized carbons (Fsp3) is 0.471. The molecule has 3 rings (SSSR count). The Hall–Kier alpha value is -1.81. The van der Waals surface area contributed by atoms with Crippen molar-refractivity contribution in [1.82, 2.24) is 20.3 Å². The van der Waals surface area contributed by atoms with Crippen LogP contribution >= 0.6 is 0 Å². The molecule has 4 nitrogen and oxygen atoms in total. The monoisotopic (exact) mass is 282 g/mol. The van der Waals surface area contributed by atoms with Crippen molar-refractivity contribution in [1.29, 1.82) is 0 Å². The van der Waals surface area contributed by atoms with E-state index in [0.717, 1.165) is 30.8 Å². The predicted molar refractivity (Wildman–Crippen MR) is 83.1 cm³/mol. The second kappa shape index (κ2) is 6.31. The number of nitrogens with one attached hydrogen (secondary N) is 1. The molecule has 1 aliphatic carbocycles. The van der Waals surface area contributed by atoms with Crippen molar-refractivity contribution in [2.75, 3.05) is 6.54 Å². The van der Waals surface area contributed by atoms with Crippen molar-refractivity contribution >= 4 is 0 Å². The highest BCUT2D eigenvalue weighted by atomic mass is 15.0. The van der Waals surface area contributed by atoms with Crippen LogP contribution in [0.2, 0.25) is 0 Å². The van der Waals surface area contributed by atoms with Crippen LogP contribution in [0.15, 0.2) is 30.7 Å². The molecule has 0 spiro atoms. The number of aromatic nitrogens is 3. The molecule has 21 heavy (non-hydrogen) atoms. The van der Waals surface area contributed by atoms with E-state index in [1.807, 2.05) is 31.6 Å². The molecule has 1 aliphatic rings. The van der Waals surface area contributed by atoms with E-state index in [-0.39, 0.29) is 6.04 Å². The van der Waals surface area contributed by atoms with Gasteiger partial charge in [0, 0.05) is 30.2 Å². The van der Waals surface area contributed by atoms with E-state index in [1.54, 1.807) is 0 Å². The summed E-state index contributed by atoms with van der Waals surface area (Å²) < 4.78 is 0. The Morgan fingerprint density at radius 3 is 2.86 bits per heavy atom. The number of aryl methyl sites for hydroxylation is 2. The lowest BCUT2D eigenvalue weighted by atomic mass is 9.81. The van der Waals surface area contributed by atoms with Crippen molar-refractivity contribution in [3.05, 3.63) is 53.4 Å². The van der Waals surface area contributed by atoms with Gasteiger partial charge in [-0.1, -0.05) is 13.0 Å². The van der Waals surface area contributed by atoms with E-state index < -0.39 is 0 Å². The maximum Gasteiger partial charge on any atom is 0.145 e. The Kier molecular flexibility index (Phi) is 4.25. The molecule has 0 bridgehead atoms. The summed E-state index contributed by atoms with van der Waals surface area (Å²) in [7, 11) is 0. The number of hydrogen-bond acceptors (Lipinski definition) is 4. The molecule has 0 saturated heterocycles. The molecule has 1 N–H and O–H groups in total. The normalized spacial score (nSPS) is 19.0. The van der Waals surface area contributed by atoms with Gasteiger partial charge in [0.15, 0.2) is 0 Å². The molecule has 2 aromatic rings. The van der Waals surface area contributed by atoms with E-state index in [0.29, 0.717) is 5.92 Å². The summed E-state index contributed by atoms with van der Waals surface area (Å²) in [6.07, 6.45) is 9.17. The van der Waals surface area contributed by atoms with Gasteiger partial charge in [0.25, 0.3) is 0 Å². The third-order valence-corrected chi connectivity index (χ3v) is 4.14. The van der Waals surface area contributed by atoms with Gasteiger partial charge in [-0.2, -0.15) is 0 Å². The molecular formula is C17H22N4. The summed E-state index contributed by atoms with van der Waals surface area (Å²) in [5.41, 5.74) is 3.69. The van der Waals surface area contributed by atoms with Crippen LogP contribution < -0.4 is 5.32 Å². The van der Waals surface area contributed by atoms with E-state index in [2.05, 4.69) is 33.3 Å². The van der Waals surface area contributed by atoms with Crippen LogP contribution in [0, 0.1) is 6.92 Å². The molecule has 110 valence electrons. The molecule has 0 aliphatic heterocycles. The SMILES string of the molecule is CCNC(c1ncc(C)cn1)C1CCCc2cccnc21. The van der Waals surface area contributed by atoms with Crippen molar-refractivity contribution in [3.63, 3.8) is 0 Å². The lowest BCUT2D eigenvalue weighted by molar-refractivity contribution is 0.386. The average molecular weight is 282 g/mol. The molecule has 0 radical (unpaired) electrons. The van der Waals surface area contributed by atoms with Crippen LogP contribution in [0.5, 0.6) is 0 Å². The second-order valence-electron chi connectivity index (χ2n) is 5.70. The topological polar surface area (TPSA) is 50.7 Å². The van der Waals surface area contributed by atoms with E-state index in [4.69, 9.17) is 0 Å². The lowest BCUT2D eigenvalue weighted by Gasteiger charge is -2.31. The zero-order valence-corrected chi connectivity index (χ0v) is 12.7. The van der Waals surface area contributed by atoms with Crippen LogP contribution in [0.1, 0.15) is 54.4 Å². The molecule has 0 aromatic carbocycles. The summed E-state index contributed by atoms with van der Waals surface area (Å²) in [5, 5.41) is 3.56. The number of rotatable bonds is 4. The van der Waals surface area contributed by atoms with Gasteiger partial charge < -0.3 is 5.32 Å². The molecular weight excluding hydrogens is 260 g/mol. The lowest BCUT2D eigenvalue weighted by Crippen LogP contribution is -2.31. The maximum atomic E-state index is 4.65. The molecule has 0 saturated carbocycles. The van der Waals surface area contributed by atoms with Gasteiger partial charge in [-0.05, 0) is 49.9 Å². The van der Waals surface area contributed by atoms with Gasteiger partial charge in [-0.25, -0.2) is 9.97 Å². The van der Waals surface area contributed by atoms with Crippen LogP contribution in [-0.2, 0) is 6.42 Å². The molecule has 0 fully saturated rings. The maximum absolute atomic E-state index is 4.65. The quantitative estimate of drug-likeness (QED) is 0.936. The van der Waals surface area contributed by atoms with Gasteiger partial charge in [0.1, 0.15) is 5.82 Å². The Labute approximate surface area is 126 Å². The third-order valence-electron chi connectivity index (χ3n) is 4.14. The van der Waals surface area contributed by atoms with Gasteiger partial charge >= 0.3 is 0 Å². The summed E-state index contributed by atoms with van der Waals surface area (Å²) in [6.45, 7) is 5.05. The molecule has 2 unspecified atom stereocenters. The standard InChI is InChI=1S/C17H22N4/c1-3-18-16(17-20-10-12(2)11-21-17)14-8-4-6-13-7-5-9-19-15(13)14/h5,7,9-11,14,16,18H,3-4,6,8H2,1-2H3. The van der Waals surface area contributed by atoms with Gasteiger partial charge in [0.2, 0.25) is 0 Å². The first-order valence-electron chi connectivity index (χ1n) is 7.75. The summed E-state index contributed by atoms with van der Waals surface area (Å²) in [4.78, 5) is 13.7. The number of nitrogens with zero attached hydrogens (tertiary/aromatic N) is 3. The van der Waals surface area contributed by atoms with Gasteiger partial charge in [-0.15, -0.1) is 0 Å². The number of hydrogen-bond donors (Lipinski definition) is 1. The van der Waals surface area contributed by atoms with E-state index >= 15 is 0 Å². The van der Waals surface area contributed by atoms with Crippen molar-refractivity contribution in [2.24, 2.45) is 0 Å². The van der Waals surface area contributed by atoms with Crippen molar-refractivity contribution in [3.8, 4) is 0 Å². The Morgan fingerprint density at radius 1 is 1.29 bits per heavy atom. The second-order valence-corrected chi connectivity index (χ2v) is 5.70. The molecule has 2 heterocycles. The molecule has 0 amide bonds. The van der Waals surface area contributed by atoms with Crippen LogP contribution in [0.3, 0.4) is 0 Å². The molecule has 2 aromatic heterocycles. The Morgan fingerprint density at radius 2 is 2.10 bits per heavy atom. The fourth-order valence-corrected chi connectivity index (χ4v) is 3.17. The number of likely N-dealkylation sites (N-methyl/N-ethyl adjacent to an activating group) is 1. The first-order chi connectivity index (χ1) is 10.3. The minimum atomic E-state index is 0.143. The smallest absolute Gasteiger partial charge is 0.145 e. The van der Waals surface area contributed by atoms with Crippen LogP contribution in [0.4, 0.5) is 0 Å². The first-order valence-corrected chi connectivity index (χ1v) is 7.75. The Bertz CT molecular complexity index is 594. The van der Waals surface area contributed by atoms with Gasteiger partial charge in [0.05, 0.1) is 6.04 Å². The fourth-order valence-electron chi connectivity index (χ4n) is 3.17. The van der Waals surface area contributed by atoms with Crippen molar-refractivity contribution < 1.29 is 0 Å². The van der Waals surface area contributed by atoms with E-state index in [9.17, 15) is 0 Å². The highest BCUT2D eigenvalue weighted by molar-refractivity contribution is 5.28. The number of pyridine rings is 1. The summed E-state index contributed by atoms with van der Waals surface area (Å²) in [6, 6.07) is 4.38.